The van der Waals surface area contributed by atoms with Gasteiger partial charge in [0.2, 0.25) is 0 Å². The first kappa shape index (κ1) is 28.4. The van der Waals surface area contributed by atoms with Gasteiger partial charge in [-0.2, -0.15) is 0 Å². The van der Waals surface area contributed by atoms with Crippen LogP contribution in [-0.2, 0) is 0 Å². The summed E-state index contributed by atoms with van der Waals surface area (Å²) in [5.74, 6) is 0.958. The molecule has 7 heteroatoms. The molecule has 1 fully saturated rings. The van der Waals surface area contributed by atoms with Crippen LogP contribution in [0.15, 0.2) is 78.2 Å². The van der Waals surface area contributed by atoms with Gasteiger partial charge in [-0.3, -0.25) is 4.90 Å². The molecule has 1 aromatic heterocycles. The van der Waals surface area contributed by atoms with Gasteiger partial charge in [0.25, 0.3) is 0 Å². The molecule has 0 saturated carbocycles. The lowest BCUT2D eigenvalue weighted by Crippen LogP contribution is -2.46. The van der Waals surface area contributed by atoms with Crippen LogP contribution in [0.3, 0.4) is 0 Å². The lowest BCUT2D eigenvalue weighted by Gasteiger charge is -2.37. The average Bonchev–Trinajstić information content (AvgIpc) is 3.50. The normalized spacial score (nSPS) is 17.1. The number of nitrogens with one attached hydrogen (secondary N) is 1. The molecule has 4 aromatic rings. The summed E-state index contributed by atoms with van der Waals surface area (Å²) in [5.41, 5.74) is 1.12. The summed E-state index contributed by atoms with van der Waals surface area (Å²) in [6.45, 7) is 6.06. The van der Waals surface area contributed by atoms with Gasteiger partial charge in [-0.1, -0.05) is 77.8 Å². The number of fused-ring (bicyclic) bond motifs is 1. The molecule has 5 rings (SSSR count). The second kappa shape index (κ2) is 14.0. The van der Waals surface area contributed by atoms with Crippen LogP contribution < -0.4 is 10.1 Å². The van der Waals surface area contributed by atoms with Crippen LogP contribution in [0.1, 0.15) is 41.8 Å². The largest absolute Gasteiger partial charge is 0.484 e. The highest BCUT2D eigenvalue weighted by Crippen LogP contribution is 2.34. The summed E-state index contributed by atoms with van der Waals surface area (Å²) in [6, 6.07) is 25.3. The Morgan fingerprint density at radius 1 is 1.00 bits per heavy atom. The molecular weight excluding hydrogens is 545 g/mol. The van der Waals surface area contributed by atoms with Crippen molar-refractivity contribution >= 4 is 45.3 Å². The molecule has 1 aliphatic heterocycles. The zero-order valence-corrected chi connectivity index (χ0v) is 24.8. The summed E-state index contributed by atoms with van der Waals surface area (Å²) in [7, 11) is 2.22. The van der Waals surface area contributed by atoms with Crippen molar-refractivity contribution in [2.75, 3.05) is 46.3 Å². The van der Waals surface area contributed by atoms with Gasteiger partial charge in [-0.05, 0) is 67.5 Å². The van der Waals surface area contributed by atoms with Gasteiger partial charge in [-0.15, -0.1) is 11.3 Å². The minimum atomic E-state index is 0.0438. The number of benzene rings is 3. The van der Waals surface area contributed by atoms with E-state index in [1.807, 2.05) is 12.1 Å². The predicted octanol–water partition coefficient (Wildman–Crippen LogP) is 8.08. The van der Waals surface area contributed by atoms with E-state index in [0.717, 1.165) is 69.8 Å². The number of nitrogens with zero attached hydrogens (tertiary/aromatic N) is 2. The topological polar surface area (TPSA) is 27.7 Å². The maximum Gasteiger partial charge on any atom is 0.134 e. The van der Waals surface area contributed by atoms with Gasteiger partial charge in [0.05, 0.1) is 10.0 Å². The van der Waals surface area contributed by atoms with Crippen molar-refractivity contribution in [2.45, 2.75) is 31.4 Å². The third-order valence-electron chi connectivity index (χ3n) is 7.58. The summed E-state index contributed by atoms with van der Waals surface area (Å²) in [4.78, 5) is 6.27. The van der Waals surface area contributed by atoms with Crippen molar-refractivity contribution in [1.29, 1.82) is 0 Å². The second-order valence-corrected chi connectivity index (χ2v) is 12.1. The number of unbranched alkanes of at least 4 members (excludes halogenated alkanes) is 1. The standard InChI is InChI=1S/C32H37Cl2N3OS/c1-36(18-4-5-19-37-21-17-35-23-28(37)26-12-7-13-27(33)32(26)34)20-16-30(31-15-8-22-39-31)38-29-14-6-10-24-9-2-3-11-25(24)29/h2-3,6-15,22,28,30,35H,4-5,16-21,23H2,1H3. The first-order valence-electron chi connectivity index (χ1n) is 13.8. The first-order valence-corrected chi connectivity index (χ1v) is 15.5. The van der Waals surface area contributed by atoms with Crippen LogP contribution in [0.2, 0.25) is 10.0 Å². The molecule has 2 atom stereocenters. The first-order chi connectivity index (χ1) is 19.1. The number of ether oxygens (including phenoxy) is 1. The summed E-state index contributed by atoms with van der Waals surface area (Å²) in [6.07, 6.45) is 3.31. The van der Waals surface area contributed by atoms with Crippen LogP contribution >= 0.6 is 34.5 Å². The Bertz CT molecular complexity index is 1330. The Hall–Kier alpha value is -2.12. The Kier molecular flexibility index (Phi) is 10.2. The Balaban J connectivity index is 1.12. The van der Waals surface area contributed by atoms with Crippen molar-refractivity contribution in [3.63, 3.8) is 0 Å². The average molecular weight is 583 g/mol. The summed E-state index contributed by atoms with van der Waals surface area (Å²) < 4.78 is 6.65. The van der Waals surface area contributed by atoms with E-state index in [2.05, 4.69) is 88.2 Å². The minimum Gasteiger partial charge on any atom is -0.484 e. The van der Waals surface area contributed by atoms with E-state index in [1.54, 1.807) is 11.3 Å². The second-order valence-electron chi connectivity index (χ2n) is 10.3. The number of rotatable bonds is 12. The molecule has 4 nitrogen and oxygen atoms in total. The van der Waals surface area contributed by atoms with E-state index in [4.69, 9.17) is 27.9 Å². The van der Waals surface area contributed by atoms with Gasteiger partial charge in [-0.25, -0.2) is 0 Å². The lowest BCUT2D eigenvalue weighted by molar-refractivity contribution is 0.154. The maximum atomic E-state index is 6.65. The molecule has 1 aliphatic rings. The van der Waals surface area contributed by atoms with E-state index in [1.165, 1.54) is 15.6 Å². The molecule has 3 aromatic carbocycles. The zero-order valence-electron chi connectivity index (χ0n) is 22.5. The van der Waals surface area contributed by atoms with Gasteiger partial charge < -0.3 is 15.0 Å². The lowest BCUT2D eigenvalue weighted by atomic mass is 10.0. The van der Waals surface area contributed by atoms with Crippen molar-refractivity contribution in [3.05, 3.63) is 98.7 Å². The third-order valence-corrected chi connectivity index (χ3v) is 9.38. The molecule has 206 valence electrons. The van der Waals surface area contributed by atoms with E-state index < -0.39 is 0 Å². The molecule has 0 aliphatic carbocycles. The van der Waals surface area contributed by atoms with Crippen LogP contribution in [0.25, 0.3) is 10.8 Å². The van der Waals surface area contributed by atoms with Crippen LogP contribution in [0.4, 0.5) is 0 Å². The van der Waals surface area contributed by atoms with Gasteiger partial charge in [0.1, 0.15) is 11.9 Å². The van der Waals surface area contributed by atoms with E-state index >= 15 is 0 Å². The fourth-order valence-electron chi connectivity index (χ4n) is 5.43. The smallest absolute Gasteiger partial charge is 0.134 e. The highest BCUT2D eigenvalue weighted by atomic mass is 35.5. The summed E-state index contributed by atoms with van der Waals surface area (Å²) >= 11 is 14.7. The van der Waals surface area contributed by atoms with Crippen molar-refractivity contribution in [3.8, 4) is 5.75 Å². The Morgan fingerprint density at radius 2 is 1.85 bits per heavy atom. The highest BCUT2D eigenvalue weighted by molar-refractivity contribution is 7.10. The van der Waals surface area contributed by atoms with Crippen LogP contribution in [0, 0.1) is 0 Å². The molecule has 1 N–H and O–H groups in total. The SMILES string of the molecule is CN(CCCCN1CCNCC1c1cccc(Cl)c1Cl)CCC(Oc1cccc2ccccc12)c1cccs1. The quantitative estimate of drug-likeness (QED) is 0.171. The van der Waals surface area contributed by atoms with Crippen molar-refractivity contribution < 1.29 is 4.74 Å². The van der Waals surface area contributed by atoms with Gasteiger partial charge in [0, 0.05) is 48.9 Å². The molecule has 0 spiro atoms. The van der Waals surface area contributed by atoms with E-state index in [0.29, 0.717) is 10.0 Å². The molecule has 1 saturated heterocycles. The monoisotopic (exact) mass is 581 g/mol. The Morgan fingerprint density at radius 3 is 2.72 bits per heavy atom. The van der Waals surface area contributed by atoms with E-state index in [9.17, 15) is 0 Å². The number of halogens is 2. The number of piperazine rings is 1. The fraction of sp³-hybridized carbons (Fsp3) is 0.375. The molecule has 2 heterocycles. The fourth-order valence-corrected chi connectivity index (χ4v) is 6.65. The molecule has 0 bridgehead atoms. The minimum absolute atomic E-state index is 0.0438. The Labute approximate surface area is 246 Å². The van der Waals surface area contributed by atoms with Crippen molar-refractivity contribution in [2.24, 2.45) is 0 Å². The number of hydrogen-bond acceptors (Lipinski definition) is 5. The maximum absolute atomic E-state index is 6.65. The molecule has 0 amide bonds. The van der Waals surface area contributed by atoms with E-state index in [-0.39, 0.29) is 12.1 Å². The van der Waals surface area contributed by atoms with Gasteiger partial charge >= 0.3 is 0 Å². The molecule has 2 unspecified atom stereocenters. The van der Waals surface area contributed by atoms with Crippen molar-refractivity contribution in [1.82, 2.24) is 15.1 Å². The number of hydrogen-bond donors (Lipinski definition) is 1. The third kappa shape index (κ3) is 7.35. The molecule has 0 radical (unpaired) electrons. The summed E-state index contributed by atoms with van der Waals surface area (Å²) in [5, 5.41) is 9.35. The van der Waals surface area contributed by atoms with Gasteiger partial charge in [0.15, 0.2) is 0 Å². The predicted molar refractivity (Wildman–Crippen MR) is 167 cm³/mol. The van der Waals surface area contributed by atoms with Crippen LogP contribution in [0.5, 0.6) is 5.75 Å². The molecular formula is C32H37Cl2N3OS. The highest BCUT2D eigenvalue weighted by Gasteiger charge is 2.26. The zero-order chi connectivity index (χ0) is 27.0. The number of thiophene rings is 1. The van der Waals surface area contributed by atoms with Crippen LogP contribution in [-0.4, -0.2) is 56.1 Å². The molecule has 39 heavy (non-hydrogen) atoms.